The summed E-state index contributed by atoms with van der Waals surface area (Å²) in [6.45, 7) is 7.10. The summed E-state index contributed by atoms with van der Waals surface area (Å²) in [5.74, 6) is 0. The molecule has 0 saturated carbocycles. The zero-order valence-corrected chi connectivity index (χ0v) is 10.3. The number of thioether (sulfide) groups is 1. The molecule has 1 aromatic rings. The van der Waals surface area contributed by atoms with Crippen molar-refractivity contribution in [1.82, 2.24) is 5.32 Å². The van der Waals surface area contributed by atoms with Crippen LogP contribution >= 0.6 is 11.8 Å². The first-order valence-electron chi connectivity index (χ1n) is 5.32. The summed E-state index contributed by atoms with van der Waals surface area (Å²) in [6.07, 6.45) is 5.23. The van der Waals surface area contributed by atoms with Crippen molar-refractivity contribution in [2.75, 3.05) is 12.8 Å². The van der Waals surface area contributed by atoms with Gasteiger partial charge in [-0.1, -0.05) is 31.2 Å². The number of nitrogens with one attached hydrogen (secondary N) is 1. The average Bonchev–Trinajstić information content (AvgIpc) is 2.30. The van der Waals surface area contributed by atoms with E-state index in [1.165, 1.54) is 10.5 Å². The lowest BCUT2D eigenvalue weighted by atomic mass is 10.1. The van der Waals surface area contributed by atoms with E-state index in [0.29, 0.717) is 0 Å². The van der Waals surface area contributed by atoms with Crippen molar-refractivity contribution in [2.24, 2.45) is 0 Å². The first kappa shape index (κ1) is 12.3. The lowest BCUT2D eigenvalue weighted by Crippen LogP contribution is -2.20. The molecule has 0 amide bonds. The van der Waals surface area contributed by atoms with Crippen molar-refractivity contribution < 1.29 is 0 Å². The second-order valence-corrected chi connectivity index (χ2v) is 4.26. The Morgan fingerprint density at radius 2 is 2.20 bits per heavy atom. The quantitative estimate of drug-likeness (QED) is 0.581. The second kappa shape index (κ2) is 6.70. The zero-order chi connectivity index (χ0) is 11.1. The Labute approximate surface area is 97.0 Å². The Bertz CT molecular complexity index is 309. The minimum Gasteiger partial charge on any atom is -0.307 e. The molecule has 0 aliphatic carbocycles. The Morgan fingerprint density at radius 1 is 1.47 bits per heavy atom. The maximum Gasteiger partial charge on any atom is 0.0514 e. The van der Waals surface area contributed by atoms with Crippen LogP contribution in [0.2, 0.25) is 0 Å². The summed E-state index contributed by atoms with van der Waals surface area (Å²) in [7, 11) is 0. The van der Waals surface area contributed by atoms with Gasteiger partial charge in [0.15, 0.2) is 0 Å². The monoisotopic (exact) mass is 221 g/mol. The molecule has 2 heteroatoms. The highest BCUT2D eigenvalue weighted by atomic mass is 32.2. The van der Waals surface area contributed by atoms with Gasteiger partial charge in [0.25, 0.3) is 0 Å². The van der Waals surface area contributed by atoms with E-state index in [9.17, 15) is 0 Å². The summed E-state index contributed by atoms with van der Waals surface area (Å²) in [5.41, 5.74) is 1.33. The van der Waals surface area contributed by atoms with Gasteiger partial charge in [0.05, 0.1) is 6.04 Å². The smallest absolute Gasteiger partial charge is 0.0514 e. The standard InChI is InChI=1S/C13H19NS/c1-4-10-14-12(5-2)11-8-6-7-9-13(11)15-3/h5-9,12,14H,2,4,10H2,1,3H3. The minimum atomic E-state index is 0.272. The molecule has 1 rings (SSSR count). The van der Waals surface area contributed by atoms with E-state index in [1.54, 1.807) is 11.8 Å². The number of hydrogen-bond donors (Lipinski definition) is 1. The number of benzene rings is 1. The molecule has 0 aliphatic rings. The van der Waals surface area contributed by atoms with Crippen LogP contribution < -0.4 is 5.32 Å². The summed E-state index contributed by atoms with van der Waals surface area (Å²) >= 11 is 1.78. The molecule has 0 heterocycles. The number of rotatable bonds is 6. The van der Waals surface area contributed by atoms with E-state index in [4.69, 9.17) is 0 Å². The van der Waals surface area contributed by atoms with Crippen LogP contribution in [-0.4, -0.2) is 12.8 Å². The Balaban J connectivity index is 2.85. The highest BCUT2D eigenvalue weighted by Crippen LogP contribution is 2.26. The summed E-state index contributed by atoms with van der Waals surface area (Å²) in [5, 5.41) is 3.48. The predicted molar refractivity (Wildman–Crippen MR) is 69.5 cm³/mol. The SMILES string of the molecule is C=CC(NCCC)c1ccccc1SC. The molecular weight excluding hydrogens is 202 g/mol. The van der Waals surface area contributed by atoms with Crippen LogP contribution in [0.15, 0.2) is 41.8 Å². The van der Waals surface area contributed by atoms with Gasteiger partial charge in [-0.3, -0.25) is 0 Å². The lowest BCUT2D eigenvalue weighted by Gasteiger charge is -2.17. The molecule has 15 heavy (non-hydrogen) atoms. The third-order valence-electron chi connectivity index (χ3n) is 2.32. The van der Waals surface area contributed by atoms with Crippen molar-refractivity contribution >= 4 is 11.8 Å². The number of hydrogen-bond acceptors (Lipinski definition) is 2. The third kappa shape index (κ3) is 3.40. The van der Waals surface area contributed by atoms with Crippen LogP contribution in [0.1, 0.15) is 24.9 Å². The normalized spacial score (nSPS) is 12.4. The molecule has 1 N–H and O–H groups in total. The largest absolute Gasteiger partial charge is 0.307 e. The van der Waals surface area contributed by atoms with Crippen molar-refractivity contribution in [3.8, 4) is 0 Å². The van der Waals surface area contributed by atoms with Crippen LogP contribution in [-0.2, 0) is 0 Å². The van der Waals surface area contributed by atoms with Crippen molar-refractivity contribution in [3.63, 3.8) is 0 Å². The van der Waals surface area contributed by atoms with Crippen molar-refractivity contribution in [2.45, 2.75) is 24.3 Å². The molecule has 1 nitrogen and oxygen atoms in total. The summed E-state index contributed by atoms with van der Waals surface area (Å²) < 4.78 is 0. The fourth-order valence-electron chi connectivity index (χ4n) is 1.54. The minimum absolute atomic E-state index is 0.272. The van der Waals surface area contributed by atoms with Crippen molar-refractivity contribution in [1.29, 1.82) is 0 Å². The maximum atomic E-state index is 3.89. The van der Waals surface area contributed by atoms with Gasteiger partial charge < -0.3 is 5.32 Å². The summed E-state index contributed by atoms with van der Waals surface area (Å²) in [4.78, 5) is 1.33. The molecule has 0 saturated heterocycles. The van der Waals surface area contributed by atoms with Gasteiger partial charge >= 0.3 is 0 Å². The highest BCUT2D eigenvalue weighted by molar-refractivity contribution is 7.98. The molecule has 82 valence electrons. The van der Waals surface area contributed by atoms with Gasteiger partial charge in [-0.15, -0.1) is 18.3 Å². The van der Waals surface area contributed by atoms with E-state index in [2.05, 4.69) is 49.3 Å². The van der Waals surface area contributed by atoms with Crippen LogP contribution in [0.4, 0.5) is 0 Å². The van der Waals surface area contributed by atoms with Crippen molar-refractivity contribution in [3.05, 3.63) is 42.5 Å². The Morgan fingerprint density at radius 3 is 2.80 bits per heavy atom. The zero-order valence-electron chi connectivity index (χ0n) is 9.49. The molecule has 0 bridgehead atoms. The van der Waals surface area contributed by atoms with Gasteiger partial charge in [-0.05, 0) is 30.9 Å². The average molecular weight is 221 g/mol. The van der Waals surface area contributed by atoms with E-state index in [-0.39, 0.29) is 6.04 Å². The maximum absolute atomic E-state index is 3.89. The molecule has 0 aromatic heterocycles. The molecule has 0 fully saturated rings. The highest BCUT2D eigenvalue weighted by Gasteiger charge is 2.09. The topological polar surface area (TPSA) is 12.0 Å². The van der Waals surface area contributed by atoms with Gasteiger partial charge in [-0.2, -0.15) is 0 Å². The molecular formula is C13H19NS. The first-order chi connectivity index (χ1) is 7.33. The molecule has 0 aliphatic heterocycles. The van der Waals surface area contributed by atoms with Crippen LogP contribution in [0.25, 0.3) is 0 Å². The Kier molecular flexibility index (Phi) is 5.51. The van der Waals surface area contributed by atoms with Gasteiger partial charge in [0.1, 0.15) is 0 Å². The lowest BCUT2D eigenvalue weighted by molar-refractivity contribution is 0.607. The van der Waals surface area contributed by atoms with Crippen LogP contribution in [0.3, 0.4) is 0 Å². The van der Waals surface area contributed by atoms with Gasteiger partial charge in [0.2, 0.25) is 0 Å². The fraction of sp³-hybridized carbons (Fsp3) is 0.385. The Hall–Kier alpha value is -0.730. The molecule has 1 unspecified atom stereocenters. The van der Waals surface area contributed by atoms with E-state index < -0.39 is 0 Å². The molecule has 1 aromatic carbocycles. The molecule has 0 spiro atoms. The van der Waals surface area contributed by atoms with Gasteiger partial charge in [0, 0.05) is 4.90 Å². The third-order valence-corrected chi connectivity index (χ3v) is 3.14. The molecule has 0 radical (unpaired) electrons. The molecule has 1 atom stereocenters. The fourth-order valence-corrected chi connectivity index (χ4v) is 2.19. The first-order valence-corrected chi connectivity index (χ1v) is 6.54. The summed E-state index contributed by atoms with van der Waals surface area (Å²) in [6, 6.07) is 8.76. The van der Waals surface area contributed by atoms with E-state index in [1.807, 2.05) is 6.08 Å². The van der Waals surface area contributed by atoms with Crippen LogP contribution in [0.5, 0.6) is 0 Å². The van der Waals surface area contributed by atoms with E-state index in [0.717, 1.165) is 13.0 Å². The predicted octanol–water partition coefficient (Wildman–Crippen LogP) is 3.64. The van der Waals surface area contributed by atoms with Crippen LogP contribution in [0, 0.1) is 0 Å². The van der Waals surface area contributed by atoms with E-state index >= 15 is 0 Å². The van der Waals surface area contributed by atoms with Gasteiger partial charge in [-0.25, -0.2) is 0 Å². The second-order valence-electron chi connectivity index (χ2n) is 3.41.